The number of anilines is 1. The first-order valence-electron chi connectivity index (χ1n) is 10.3. The number of aromatic nitrogens is 3. The van der Waals surface area contributed by atoms with E-state index in [2.05, 4.69) is 15.4 Å². The van der Waals surface area contributed by atoms with Gasteiger partial charge in [-0.3, -0.25) is 4.79 Å². The van der Waals surface area contributed by atoms with Gasteiger partial charge in [0.2, 0.25) is 11.7 Å². The Kier molecular flexibility index (Phi) is 6.98. The van der Waals surface area contributed by atoms with Gasteiger partial charge >= 0.3 is 0 Å². The molecule has 0 atom stereocenters. The smallest absolute Gasteiger partial charge is 0.281 e. The van der Waals surface area contributed by atoms with Crippen LogP contribution >= 0.6 is 11.3 Å². The minimum atomic E-state index is -0.403. The molecular formula is C24H24N4O5S. The van der Waals surface area contributed by atoms with Crippen LogP contribution in [0.4, 0.5) is 5.95 Å². The third kappa shape index (κ3) is 4.67. The molecule has 0 saturated heterocycles. The molecule has 0 unspecified atom stereocenters. The molecule has 0 spiro atoms. The minimum Gasteiger partial charge on any atom is -0.497 e. The number of rotatable bonds is 9. The lowest BCUT2D eigenvalue weighted by molar-refractivity contribution is 0.0946. The highest BCUT2D eigenvalue weighted by Gasteiger charge is 2.23. The largest absolute Gasteiger partial charge is 0.497 e. The van der Waals surface area contributed by atoms with Gasteiger partial charge in [-0.1, -0.05) is 6.07 Å². The quantitative estimate of drug-likeness (QED) is 0.378. The number of methoxy groups -OCH3 is 4. The summed E-state index contributed by atoms with van der Waals surface area (Å²) >= 11 is 1.61. The molecule has 9 nitrogen and oxygen atoms in total. The maximum absolute atomic E-state index is 13.6. The molecule has 0 aliphatic carbocycles. The van der Waals surface area contributed by atoms with E-state index in [1.165, 1.54) is 26.0 Å². The first kappa shape index (κ1) is 23.1. The van der Waals surface area contributed by atoms with Crippen molar-refractivity contribution in [2.75, 3.05) is 33.8 Å². The summed E-state index contributed by atoms with van der Waals surface area (Å²) in [4.78, 5) is 19.3. The number of carbonyl (C=O) groups is 1. The summed E-state index contributed by atoms with van der Waals surface area (Å²) in [6.45, 7) is 0.501. The Hall–Kier alpha value is -4.05. The summed E-state index contributed by atoms with van der Waals surface area (Å²) in [6.07, 6.45) is 0. The van der Waals surface area contributed by atoms with Gasteiger partial charge in [-0.05, 0) is 47.8 Å². The Labute approximate surface area is 200 Å². The summed E-state index contributed by atoms with van der Waals surface area (Å²) in [6, 6.07) is 14.4. The summed E-state index contributed by atoms with van der Waals surface area (Å²) in [5.41, 5.74) is 1.05. The van der Waals surface area contributed by atoms with Crippen LogP contribution in [0.25, 0.3) is 11.4 Å². The Balaban J connectivity index is 1.75. The molecule has 4 rings (SSSR count). The van der Waals surface area contributed by atoms with Crippen molar-refractivity contribution in [3.8, 4) is 34.4 Å². The summed E-state index contributed by atoms with van der Waals surface area (Å²) in [7, 11) is 6.10. The van der Waals surface area contributed by atoms with E-state index in [9.17, 15) is 4.79 Å². The number of ether oxygens (including phenoxy) is 4. The molecule has 2 heterocycles. The van der Waals surface area contributed by atoms with E-state index in [1.807, 2.05) is 41.8 Å². The fourth-order valence-electron chi connectivity index (χ4n) is 3.34. The number of nitrogens with one attached hydrogen (secondary N) is 1. The van der Waals surface area contributed by atoms with Gasteiger partial charge in [0.15, 0.2) is 17.3 Å². The van der Waals surface area contributed by atoms with Gasteiger partial charge in [-0.2, -0.15) is 9.67 Å². The minimum absolute atomic E-state index is 0.305. The monoisotopic (exact) mass is 480 g/mol. The zero-order chi connectivity index (χ0) is 24.1. The standard InChI is InChI=1S/C24H24N4O5S/c1-30-17-9-7-15(8-10-17)22-26-24(25-14-18-6-5-11-34-18)28(27-22)23(29)16-12-19(31-2)21(33-4)20(13-16)32-3/h5-13H,14H2,1-4H3,(H,25,26,27). The molecule has 2 aromatic heterocycles. The van der Waals surface area contributed by atoms with Crippen LogP contribution in [-0.4, -0.2) is 49.1 Å². The van der Waals surface area contributed by atoms with E-state index in [4.69, 9.17) is 18.9 Å². The van der Waals surface area contributed by atoms with Crippen molar-refractivity contribution in [3.05, 3.63) is 64.4 Å². The first-order chi connectivity index (χ1) is 16.6. The SMILES string of the molecule is COc1ccc(-c2nc(NCc3cccs3)n(C(=O)c3cc(OC)c(OC)c(OC)c3)n2)cc1. The molecule has 0 aliphatic rings. The molecule has 10 heteroatoms. The van der Waals surface area contributed by atoms with Crippen LogP contribution in [-0.2, 0) is 6.54 Å². The van der Waals surface area contributed by atoms with Crippen LogP contribution in [0.1, 0.15) is 15.2 Å². The second-order valence-electron chi connectivity index (χ2n) is 7.05. The molecule has 0 aliphatic heterocycles. The topological polar surface area (TPSA) is 96.7 Å². The van der Waals surface area contributed by atoms with E-state index in [0.29, 0.717) is 46.9 Å². The normalized spacial score (nSPS) is 10.6. The highest BCUT2D eigenvalue weighted by atomic mass is 32.1. The molecule has 34 heavy (non-hydrogen) atoms. The van der Waals surface area contributed by atoms with Crippen LogP contribution in [0.3, 0.4) is 0 Å². The van der Waals surface area contributed by atoms with Crippen LogP contribution in [0, 0.1) is 0 Å². The van der Waals surface area contributed by atoms with Crippen molar-refractivity contribution in [1.82, 2.24) is 14.8 Å². The molecule has 0 bridgehead atoms. The van der Waals surface area contributed by atoms with E-state index < -0.39 is 5.91 Å². The zero-order valence-corrected chi connectivity index (χ0v) is 20.0. The molecule has 4 aromatic rings. The van der Waals surface area contributed by atoms with E-state index >= 15 is 0 Å². The first-order valence-corrected chi connectivity index (χ1v) is 11.2. The van der Waals surface area contributed by atoms with Crippen molar-refractivity contribution in [2.45, 2.75) is 6.54 Å². The van der Waals surface area contributed by atoms with E-state index in [0.717, 1.165) is 10.4 Å². The third-order valence-corrected chi connectivity index (χ3v) is 5.94. The lowest BCUT2D eigenvalue weighted by Crippen LogP contribution is -2.18. The fourth-order valence-corrected chi connectivity index (χ4v) is 3.98. The van der Waals surface area contributed by atoms with E-state index in [-0.39, 0.29) is 0 Å². The van der Waals surface area contributed by atoms with Crippen molar-refractivity contribution < 1.29 is 23.7 Å². The Bertz CT molecular complexity index is 1240. The summed E-state index contributed by atoms with van der Waals surface area (Å²) < 4.78 is 22.6. The second-order valence-corrected chi connectivity index (χ2v) is 8.08. The molecule has 176 valence electrons. The predicted molar refractivity (Wildman–Crippen MR) is 129 cm³/mol. The lowest BCUT2D eigenvalue weighted by atomic mass is 10.1. The van der Waals surface area contributed by atoms with Gasteiger partial charge in [0.1, 0.15) is 5.75 Å². The lowest BCUT2D eigenvalue weighted by Gasteiger charge is -2.14. The Morgan fingerprint density at radius 3 is 2.24 bits per heavy atom. The Morgan fingerprint density at radius 1 is 0.971 bits per heavy atom. The number of hydrogen-bond acceptors (Lipinski definition) is 9. The molecule has 1 N–H and O–H groups in total. The van der Waals surface area contributed by atoms with Crippen LogP contribution in [0.5, 0.6) is 23.0 Å². The number of hydrogen-bond donors (Lipinski definition) is 1. The number of carbonyl (C=O) groups excluding carboxylic acids is 1. The van der Waals surface area contributed by atoms with Gasteiger partial charge in [-0.25, -0.2) is 0 Å². The van der Waals surface area contributed by atoms with Crippen LogP contribution in [0.15, 0.2) is 53.9 Å². The molecular weight excluding hydrogens is 456 g/mol. The average molecular weight is 481 g/mol. The maximum Gasteiger partial charge on any atom is 0.281 e. The number of benzene rings is 2. The van der Waals surface area contributed by atoms with Gasteiger partial charge in [0.25, 0.3) is 5.91 Å². The van der Waals surface area contributed by atoms with E-state index in [1.54, 1.807) is 30.6 Å². The maximum atomic E-state index is 13.6. The van der Waals surface area contributed by atoms with Crippen molar-refractivity contribution in [2.24, 2.45) is 0 Å². The molecule has 2 aromatic carbocycles. The van der Waals surface area contributed by atoms with Gasteiger partial charge in [0, 0.05) is 16.0 Å². The summed E-state index contributed by atoms with van der Waals surface area (Å²) in [5.74, 6) is 2.17. The van der Waals surface area contributed by atoms with Gasteiger partial charge < -0.3 is 24.3 Å². The number of thiophene rings is 1. The highest BCUT2D eigenvalue weighted by molar-refractivity contribution is 7.09. The number of nitrogens with zero attached hydrogens (tertiary/aromatic N) is 3. The molecule has 0 radical (unpaired) electrons. The van der Waals surface area contributed by atoms with Gasteiger partial charge in [0.05, 0.1) is 35.0 Å². The van der Waals surface area contributed by atoms with Crippen molar-refractivity contribution in [3.63, 3.8) is 0 Å². The summed E-state index contributed by atoms with van der Waals surface area (Å²) in [5, 5.41) is 9.73. The zero-order valence-electron chi connectivity index (χ0n) is 19.2. The third-order valence-electron chi connectivity index (χ3n) is 5.06. The van der Waals surface area contributed by atoms with Crippen LogP contribution < -0.4 is 24.3 Å². The Morgan fingerprint density at radius 2 is 1.68 bits per heavy atom. The fraction of sp³-hybridized carbons (Fsp3) is 0.208. The highest BCUT2D eigenvalue weighted by Crippen LogP contribution is 2.38. The van der Waals surface area contributed by atoms with Crippen molar-refractivity contribution >= 4 is 23.2 Å². The van der Waals surface area contributed by atoms with Crippen molar-refractivity contribution in [1.29, 1.82) is 0 Å². The van der Waals surface area contributed by atoms with Crippen LogP contribution in [0.2, 0.25) is 0 Å². The predicted octanol–water partition coefficient (Wildman–Crippen LogP) is 4.34. The van der Waals surface area contributed by atoms with Gasteiger partial charge in [-0.15, -0.1) is 16.4 Å². The average Bonchev–Trinajstić information content (AvgIpc) is 3.56. The molecule has 0 saturated carbocycles. The second kappa shape index (κ2) is 10.3. The molecule has 0 amide bonds. The molecule has 0 fully saturated rings.